The Labute approximate surface area is 184 Å². The highest BCUT2D eigenvalue weighted by molar-refractivity contribution is 5.42. The number of aryl methyl sites for hydroxylation is 2. The maximum absolute atomic E-state index is 13.5. The predicted octanol–water partition coefficient (Wildman–Crippen LogP) is 3.79. The minimum atomic E-state index is -0.705. The van der Waals surface area contributed by atoms with Crippen molar-refractivity contribution in [2.24, 2.45) is 11.8 Å². The lowest BCUT2D eigenvalue weighted by atomic mass is 9.92. The van der Waals surface area contributed by atoms with Gasteiger partial charge in [0.2, 0.25) is 5.95 Å². The Balaban J connectivity index is 1.30. The largest absolute Gasteiger partial charge is 0.424 e. The van der Waals surface area contributed by atoms with Crippen LogP contribution in [0, 0.1) is 30.4 Å². The van der Waals surface area contributed by atoms with Crippen molar-refractivity contribution in [3.05, 3.63) is 47.9 Å². The fourth-order valence-corrected chi connectivity index (χ4v) is 4.77. The minimum absolute atomic E-state index is 0.0460. The van der Waals surface area contributed by atoms with Gasteiger partial charge in [0.15, 0.2) is 0 Å². The number of nitrogens with one attached hydrogen (secondary N) is 1. The van der Waals surface area contributed by atoms with Crippen LogP contribution >= 0.6 is 0 Å². The molecule has 2 aliphatic rings. The summed E-state index contributed by atoms with van der Waals surface area (Å²) in [5.74, 6) is 0.959. The molecule has 0 amide bonds. The molecule has 2 aromatic heterocycles. The molecular formula is C22H25F2N7O. The van der Waals surface area contributed by atoms with Gasteiger partial charge in [-0.1, -0.05) is 0 Å². The minimum Gasteiger partial charge on any atom is -0.424 e. The summed E-state index contributed by atoms with van der Waals surface area (Å²) in [6.07, 6.45) is 3.87. The molecule has 1 saturated heterocycles. The molecule has 0 spiro atoms. The van der Waals surface area contributed by atoms with Crippen LogP contribution in [0.1, 0.15) is 25.5 Å². The summed E-state index contributed by atoms with van der Waals surface area (Å²) in [6.45, 7) is 6.21. The lowest BCUT2D eigenvalue weighted by Crippen LogP contribution is -2.48. The maximum Gasteiger partial charge on any atom is 0.322 e. The molecule has 1 N–H and O–H groups in total. The molecule has 3 heterocycles. The number of piperidine rings is 1. The molecule has 5 rings (SSSR count). The highest BCUT2D eigenvalue weighted by atomic mass is 19.1. The lowest BCUT2D eigenvalue weighted by Gasteiger charge is -2.38. The molecule has 168 valence electrons. The van der Waals surface area contributed by atoms with E-state index >= 15 is 0 Å². The number of nitrogens with zero attached hydrogens (tertiary/aromatic N) is 6. The Hall–Kier alpha value is -3.30. The number of hydrogen-bond donors (Lipinski definition) is 1. The average molecular weight is 441 g/mol. The molecule has 3 aromatic rings. The third-order valence-corrected chi connectivity index (χ3v) is 6.23. The van der Waals surface area contributed by atoms with Crippen molar-refractivity contribution in [1.82, 2.24) is 24.7 Å². The van der Waals surface area contributed by atoms with E-state index in [4.69, 9.17) is 4.74 Å². The van der Waals surface area contributed by atoms with Gasteiger partial charge in [-0.25, -0.2) is 23.4 Å². The standard InChI is InChI=1S/C22H25F2N7O/c1-3-31-22(32-18-8-16(23)7-17(24)9-18)28-21(29-31)27-20-14-4-5-15(20)11-30(10-14)19-6-13(2)25-12-26-19/h6-9,12,14-15,20H,3-5,10-11H2,1-2H3,(H,27,29)/t14-,15+,20-. The van der Waals surface area contributed by atoms with Crippen LogP contribution in [0.2, 0.25) is 0 Å². The first-order valence-corrected chi connectivity index (χ1v) is 10.9. The van der Waals surface area contributed by atoms with E-state index in [2.05, 4.69) is 30.3 Å². The van der Waals surface area contributed by atoms with E-state index in [-0.39, 0.29) is 17.8 Å². The monoisotopic (exact) mass is 441 g/mol. The predicted molar refractivity (Wildman–Crippen MR) is 115 cm³/mol. The first-order valence-electron chi connectivity index (χ1n) is 10.9. The first kappa shape index (κ1) is 20.6. The highest BCUT2D eigenvalue weighted by Gasteiger charge is 2.43. The Morgan fingerprint density at radius 2 is 1.78 bits per heavy atom. The molecule has 2 fully saturated rings. The van der Waals surface area contributed by atoms with Gasteiger partial charge in [-0.2, -0.15) is 4.98 Å². The van der Waals surface area contributed by atoms with Crippen molar-refractivity contribution in [3.8, 4) is 11.8 Å². The molecule has 1 aromatic carbocycles. The summed E-state index contributed by atoms with van der Waals surface area (Å²) in [7, 11) is 0. The Morgan fingerprint density at radius 3 is 2.44 bits per heavy atom. The second kappa shape index (κ2) is 8.33. The summed E-state index contributed by atoms with van der Waals surface area (Å²) < 4.78 is 34.2. The van der Waals surface area contributed by atoms with Crippen molar-refractivity contribution in [2.45, 2.75) is 39.3 Å². The van der Waals surface area contributed by atoms with E-state index in [0.29, 0.717) is 24.3 Å². The van der Waals surface area contributed by atoms with Crippen LogP contribution in [0.25, 0.3) is 0 Å². The topological polar surface area (TPSA) is 81.0 Å². The number of rotatable bonds is 6. The Morgan fingerprint density at radius 1 is 1.06 bits per heavy atom. The number of anilines is 2. The van der Waals surface area contributed by atoms with Crippen molar-refractivity contribution in [3.63, 3.8) is 0 Å². The van der Waals surface area contributed by atoms with Crippen LogP contribution in [-0.2, 0) is 6.54 Å². The number of ether oxygens (including phenoxy) is 1. The molecule has 1 aliphatic carbocycles. The highest BCUT2D eigenvalue weighted by Crippen LogP contribution is 2.39. The fourth-order valence-electron chi connectivity index (χ4n) is 4.77. The number of halogens is 2. The second-order valence-corrected chi connectivity index (χ2v) is 8.43. The van der Waals surface area contributed by atoms with Crippen molar-refractivity contribution < 1.29 is 13.5 Å². The normalized spacial score (nSPS) is 22.2. The van der Waals surface area contributed by atoms with Gasteiger partial charge in [0, 0.05) is 55.6 Å². The van der Waals surface area contributed by atoms with E-state index in [1.165, 1.54) is 0 Å². The molecule has 1 saturated carbocycles. The molecule has 2 bridgehead atoms. The number of hydrogen-bond acceptors (Lipinski definition) is 7. The van der Waals surface area contributed by atoms with Crippen LogP contribution in [0.5, 0.6) is 11.8 Å². The quantitative estimate of drug-likeness (QED) is 0.623. The second-order valence-electron chi connectivity index (χ2n) is 8.43. The third-order valence-electron chi connectivity index (χ3n) is 6.23. The average Bonchev–Trinajstić information content (AvgIpc) is 3.22. The molecule has 3 atom stereocenters. The van der Waals surface area contributed by atoms with Gasteiger partial charge in [0.25, 0.3) is 0 Å². The summed E-state index contributed by atoms with van der Waals surface area (Å²) in [6, 6.07) is 5.51. The van der Waals surface area contributed by atoms with Crippen LogP contribution in [-0.4, -0.2) is 43.9 Å². The van der Waals surface area contributed by atoms with Gasteiger partial charge < -0.3 is 15.0 Å². The summed E-state index contributed by atoms with van der Waals surface area (Å²) >= 11 is 0. The summed E-state index contributed by atoms with van der Waals surface area (Å²) in [5, 5.41) is 8.00. The first-order chi connectivity index (χ1) is 15.5. The smallest absolute Gasteiger partial charge is 0.322 e. The van der Waals surface area contributed by atoms with Crippen LogP contribution in [0.4, 0.5) is 20.5 Å². The van der Waals surface area contributed by atoms with Gasteiger partial charge >= 0.3 is 6.01 Å². The molecular weight excluding hydrogens is 416 g/mol. The zero-order valence-electron chi connectivity index (χ0n) is 18.0. The molecule has 10 heteroatoms. The van der Waals surface area contributed by atoms with Crippen LogP contribution in [0.3, 0.4) is 0 Å². The zero-order valence-corrected chi connectivity index (χ0v) is 18.0. The number of aromatic nitrogens is 5. The van der Waals surface area contributed by atoms with Crippen molar-refractivity contribution in [1.29, 1.82) is 0 Å². The molecule has 0 radical (unpaired) electrons. The van der Waals surface area contributed by atoms with Gasteiger partial charge in [0.05, 0.1) is 0 Å². The van der Waals surface area contributed by atoms with Crippen molar-refractivity contribution >= 4 is 11.8 Å². The SMILES string of the molecule is CCn1nc(N[C@@H]2[C@@H]3CC[C@H]2CN(c2cc(C)ncn2)C3)nc1Oc1cc(F)cc(F)c1. The lowest BCUT2D eigenvalue weighted by molar-refractivity contribution is 0.374. The van der Waals surface area contributed by atoms with Gasteiger partial charge in [0.1, 0.15) is 29.5 Å². The van der Waals surface area contributed by atoms with E-state index in [1.54, 1.807) is 11.0 Å². The van der Waals surface area contributed by atoms with E-state index in [1.807, 2.05) is 19.9 Å². The van der Waals surface area contributed by atoms with E-state index in [0.717, 1.165) is 55.6 Å². The van der Waals surface area contributed by atoms with Crippen LogP contribution < -0.4 is 15.0 Å². The third kappa shape index (κ3) is 4.09. The van der Waals surface area contributed by atoms with E-state index in [9.17, 15) is 8.78 Å². The van der Waals surface area contributed by atoms with E-state index < -0.39 is 11.6 Å². The van der Waals surface area contributed by atoms with Gasteiger partial charge in [-0.05, 0) is 38.5 Å². The molecule has 0 unspecified atom stereocenters. The number of benzene rings is 1. The summed E-state index contributed by atoms with van der Waals surface area (Å²) in [4.78, 5) is 15.4. The van der Waals surface area contributed by atoms with Crippen LogP contribution in [0.15, 0.2) is 30.6 Å². The Bertz CT molecular complexity index is 1090. The molecule has 8 nitrogen and oxygen atoms in total. The molecule has 1 aliphatic heterocycles. The fraction of sp³-hybridized carbons (Fsp3) is 0.455. The zero-order chi connectivity index (χ0) is 22.2. The Kier molecular flexibility index (Phi) is 5.36. The number of fused-ring (bicyclic) bond motifs is 2. The van der Waals surface area contributed by atoms with Gasteiger partial charge in [-0.15, -0.1) is 5.10 Å². The maximum atomic E-state index is 13.5. The summed E-state index contributed by atoms with van der Waals surface area (Å²) in [5.41, 5.74) is 0.961. The molecule has 32 heavy (non-hydrogen) atoms. The van der Waals surface area contributed by atoms with Gasteiger partial charge in [-0.3, -0.25) is 0 Å². The van der Waals surface area contributed by atoms with Crippen molar-refractivity contribution in [2.75, 3.05) is 23.3 Å².